The summed E-state index contributed by atoms with van der Waals surface area (Å²) < 4.78 is 0. The minimum Gasteiger partial charge on any atom is -0.388 e. The van der Waals surface area contributed by atoms with Crippen LogP contribution in [0, 0.1) is 12.8 Å². The fourth-order valence-corrected chi connectivity index (χ4v) is 3.31. The highest BCUT2D eigenvalue weighted by atomic mass is 35.5. The Morgan fingerprint density at radius 1 is 1.48 bits per heavy atom. The number of halogens is 1. The zero-order chi connectivity index (χ0) is 16.6. The lowest BCUT2D eigenvalue weighted by Crippen LogP contribution is -2.49. The highest BCUT2D eigenvalue weighted by molar-refractivity contribution is 6.31. The Morgan fingerprint density at radius 2 is 2.22 bits per heavy atom. The van der Waals surface area contributed by atoms with Crippen LogP contribution in [0.1, 0.15) is 31.2 Å². The number of nitrogens with one attached hydrogen (secondary N) is 1. The molecule has 2 amide bonds. The van der Waals surface area contributed by atoms with Crippen LogP contribution < -0.4 is 10.2 Å². The Morgan fingerprint density at radius 3 is 2.87 bits per heavy atom. The summed E-state index contributed by atoms with van der Waals surface area (Å²) in [4.78, 5) is 26.2. The first kappa shape index (κ1) is 16.3. The van der Waals surface area contributed by atoms with Crippen LogP contribution in [0.25, 0.3) is 0 Å². The Bertz CT molecular complexity index is 643. The monoisotopic (exact) mass is 336 g/mol. The maximum absolute atomic E-state index is 12.3. The van der Waals surface area contributed by atoms with Crippen molar-refractivity contribution in [2.24, 2.45) is 5.92 Å². The van der Waals surface area contributed by atoms with E-state index in [2.05, 4.69) is 5.32 Å². The van der Waals surface area contributed by atoms with Crippen LogP contribution in [-0.2, 0) is 9.59 Å². The number of anilines is 1. The van der Waals surface area contributed by atoms with Gasteiger partial charge >= 0.3 is 0 Å². The highest BCUT2D eigenvalue weighted by Gasteiger charge is 2.38. The lowest BCUT2D eigenvalue weighted by atomic mass is 9.80. The third kappa shape index (κ3) is 3.35. The second-order valence-electron chi connectivity index (χ2n) is 6.63. The lowest BCUT2D eigenvalue weighted by molar-refractivity contribution is -0.128. The number of rotatable bonds is 4. The van der Waals surface area contributed by atoms with Crippen molar-refractivity contribution in [3.05, 3.63) is 28.8 Å². The van der Waals surface area contributed by atoms with Gasteiger partial charge in [0.2, 0.25) is 11.8 Å². The van der Waals surface area contributed by atoms with Crippen molar-refractivity contribution in [2.75, 3.05) is 18.0 Å². The van der Waals surface area contributed by atoms with E-state index < -0.39 is 5.60 Å². The van der Waals surface area contributed by atoms with Gasteiger partial charge in [0.05, 0.1) is 11.5 Å². The van der Waals surface area contributed by atoms with Gasteiger partial charge in [0.1, 0.15) is 0 Å². The molecule has 124 valence electrons. The van der Waals surface area contributed by atoms with Gasteiger partial charge in [-0.3, -0.25) is 9.59 Å². The second-order valence-corrected chi connectivity index (χ2v) is 7.07. The van der Waals surface area contributed by atoms with Crippen molar-refractivity contribution in [1.82, 2.24) is 5.32 Å². The van der Waals surface area contributed by atoms with Crippen molar-refractivity contribution in [3.63, 3.8) is 0 Å². The fraction of sp³-hybridized carbons (Fsp3) is 0.529. The van der Waals surface area contributed by atoms with Gasteiger partial charge in [-0.25, -0.2) is 0 Å². The molecule has 0 radical (unpaired) electrons. The first-order valence-electron chi connectivity index (χ1n) is 7.95. The van der Waals surface area contributed by atoms with E-state index in [1.54, 1.807) is 17.0 Å². The van der Waals surface area contributed by atoms with E-state index in [9.17, 15) is 14.7 Å². The van der Waals surface area contributed by atoms with Gasteiger partial charge in [-0.1, -0.05) is 17.7 Å². The quantitative estimate of drug-likeness (QED) is 0.884. The number of carbonyl (C=O) groups is 2. The van der Waals surface area contributed by atoms with Gasteiger partial charge in [0.15, 0.2) is 0 Å². The summed E-state index contributed by atoms with van der Waals surface area (Å²) in [6.45, 7) is 2.54. The van der Waals surface area contributed by atoms with Crippen molar-refractivity contribution >= 4 is 29.1 Å². The van der Waals surface area contributed by atoms with Crippen LogP contribution in [0.3, 0.4) is 0 Å². The van der Waals surface area contributed by atoms with Crippen LogP contribution in [0.4, 0.5) is 5.69 Å². The molecule has 1 atom stereocenters. The van der Waals surface area contributed by atoms with Crippen molar-refractivity contribution in [3.8, 4) is 0 Å². The molecule has 0 spiro atoms. The van der Waals surface area contributed by atoms with Crippen LogP contribution in [0.5, 0.6) is 0 Å². The van der Waals surface area contributed by atoms with E-state index in [1.807, 2.05) is 13.0 Å². The van der Waals surface area contributed by atoms with Gasteiger partial charge in [0.25, 0.3) is 0 Å². The normalized spacial score (nSPS) is 22.8. The molecule has 1 saturated heterocycles. The second kappa shape index (κ2) is 6.13. The number of nitrogens with zero attached hydrogens (tertiary/aromatic N) is 1. The summed E-state index contributed by atoms with van der Waals surface area (Å²) >= 11 is 6.02. The molecule has 1 heterocycles. The predicted molar refractivity (Wildman–Crippen MR) is 88.5 cm³/mol. The molecular formula is C17H21ClN2O3. The van der Waals surface area contributed by atoms with Crippen LogP contribution >= 0.6 is 11.6 Å². The van der Waals surface area contributed by atoms with E-state index in [4.69, 9.17) is 11.6 Å². The molecule has 5 nitrogen and oxygen atoms in total. The first-order valence-corrected chi connectivity index (χ1v) is 8.32. The van der Waals surface area contributed by atoms with Gasteiger partial charge in [-0.2, -0.15) is 0 Å². The van der Waals surface area contributed by atoms with Gasteiger partial charge in [-0.15, -0.1) is 0 Å². The van der Waals surface area contributed by atoms with Crippen molar-refractivity contribution < 1.29 is 14.7 Å². The highest BCUT2D eigenvalue weighted by Crippen LogP contribution is 2.32. The molecule has 1 aliphatic carbocycles. The topological polar surface area (TPSA) is 69.6 Å². The molecule has 1 aromatic carbocycles. The Hall–Kier alpha value is -1.59. The van der Waals surface area contributed by atoms with Gasteiger partial charge < -0.3 is 15.3 Å². The molecule has 3 rings (SSSR count). The fourth-order valence-electron chi connectivity index (χ4n) is 3.15. The summed E-state index contributed by atoms with van der Waals surface area (Å²) in [7, 11) is 0. The molecule has 0 aromatic heterocycles. The Balaban J connectivity index is 1.64. The summed E-state index contributed by atoms with van der Waals surface area (Å²) in [5, 5.41) is 13.4. The minimum atomic E-state index is -0.749. The molecule has 2 fully saturated rings. The Kier molecular flexibility index (Phi) is 4.34. The number of carbonyl (C=O) groups excluding carboxylic acids is 2. The van der Waals surface area contributed by atoms with Crippen LogP contribution in [0.15, 0.2) is 18.2 Å². The van der Waals surface area contributed by atoms with E-state index in [-0.39, 0.29) is 30.7 Å². The molecule has 1 unspecified atom stereocenters. The summed E-state index contributed by atoms with van der Waals surface area (Å²) in [6, 6.07) is 5.40. The SMILES string of the molecule is Cc1ccc(Cl)cc1N1CC(C(=O)NCC2(O)CCC2)CC1=O. The minimum absolute atomic E-state index is 0.0714. The third-order valence-electron chi connectivity index (χ3n) is 4.83. The number of hydrogen-bond donors (Lipinski definition) is 2. The van der Waals surface area contributed by atoms with Crippen molar-refractivity contribution in [2.45, 2.75) is 38.2 Å². The van der Waals surface area contributed by atoms with Crippen molar-refractivity contribution in [1.29, 1.82) is 0 Å². The largest absolute Gasteiger partial charge is 0.388 e. The summed E-state index contributed by atoms with van der Waals surface area (Å²) in [5.74, 6) is -0.622. The number of benzene rings is 1. The van der Waals surface area contributed by atoms with E-state index in [0.29, 0.717) is 11.6 Å². The van der Waals surface area contributed by atoms with Gasteiger partial charge in [0, 0.05) is 30.2 Å². The standard InChI is InChI=1S/C17H21ClN2O3/c1-11-3-4-13(18)8-14(11)20-9-12(7-15(20)21)16(22)19-10-17(23)5-2-6-17/h3-4,8,12,23H,2,5-7,9-10H2,1H3,(H,19,22). The molecule has 2 N–H and O–H groups in total. The van der Waals surface area contributed by atoms with E-state index >= 15 is 0 Å². The molecule has 6 heteroatoms. The third-order valence-corrected chi connectivity index (χ3v) is 5.07. The molecule has 1 aliphatic heterocycles. The average Bonchev–Trinajstić information content (AvgIpc) is 2.87. The van der Waals surface area contributed by atoms with E-state index in [0.717, 1.165) is 30.5 Å². The van der Waals surface area contributed by atoms with Crippen LogP contribution in [0.2, 0.25) is 5.02 Å². The zero-order valence-corrected chi connectivity index (χ0v) is 13.9. The first-order chi connectivity index (χ1) is 10.9. The number of amides is 2. The summed E-state index contributed by atoms with van der Waals surface area (Å²) in [5.41, 5.74) is 0.963. The number of aliphatic hydroxyl groups is 1. The molecule has 0 bridgehead atoms. The molecule has 23 heavy (non-hydrogen) atoms. The molecule has 1 aromatic rings. The Labute approximate surface area is 140 Å². The van der Waals surface area contributed by atoms with Crippen LogP contribution in [-0.4, -0.2) is 35.6 Å². The molecular weight excluding hydrogens is 316 g/mol. The number of hydrogen-bond acceptors (Lipinski definition) is 3. The smallest absolute Gasteiger partial charge is 0.227 e. The number of aryl methyl sites for hydroxylation is 1. The lowest BCUT2D eigenvalue weighted by Gasteiger charge is -2.36. The zero-order valence-electron chi connectivity index (χ0n) is 13.1. The van der Waals surface area contributed by atoms with E-state index in [1.165, 1.54) is 0 Å². The molecule has 1 saturated carbocycles. The van der Waals surface area contributed by atoms with Gasteiger partial charge in [-0.05, 0) is 43.9 Å². The molecule has 2 aliphatic rings. The maximum Gasteiger partial charge on any atom is 0.227 e. The maximum atomic E-state index is 12.3. The summed E-state index contributed by atoms with van der Waals surface area (Å²) in [6.07, 6.45) is 2.64. The predicted octanol–water partition coefficient (Wildman–Crippen LogP) is 2.03. The average molecular weight is 337 g/mol.